The van der Waals surface area contributed by atoms with Crippen molar-refractivity contribution in [1.29, 1.82) is 0 Å². The highest BCUT2D eigenvalue weighted by molar-refractivity contribution is 5.96. The SMILES string of the molecule is C[C@H](NC(=O)/C=C/c1ccc(O)c(O)c1)C(=O)N1CCC[C@H]1C(=O)OCCC1CCC2(C)[C@H]1C2(C)C. The van der Waals surface area contributed by atoms with E-state index in [0.29, 0.717) is 54.2 Å². The molecule has 2 amide bonds. The molecular weight excluding hydrogens is 460 g/mol. The van der Waals surface area contributed by atoms with Crippen LogP contribution in [-0.2, 0) is 19.1 Å². The van der Waals surface area contributed by atoms with E-state index >= 15 is 0 Å². The average Bonchev–Trinajstić information content (AvgIpc) is 3.25. The van der Waals surface area contributed by atoms with Crippen molar-refractivity contribution in [2.75, 3.05) is 13.2 Å². The van der Waals surface area contributed by atoms with Gasteiger partial charge in [0.15, 0.2) is 11.5 Å². The molecule has 0 spiro atoms. The summed E-state index contributed by atoms with van der Waals surface area (Å²) in [5.74, 6) is -0.395. The van der Waals surface area contributed by atoms with Crippen molar-refractivity contribution < 1.29 is 29.3 Å². The third kappa shape index (κ3) is 4.82. The predicted octanol–water partition coefficient (Wildman–Crippen LogP) is 3.61. The van der Waals surface area contributed by atoms with Gasteiger partial charge in [-0.3, -0.25) is 9.59 Å². The van der Waals surface area contributed by atoms with Crippen molar-refractivity contribution in [2.24, 2.45) is 22.7 Å². The molecular formula is C28H38N2O6. The van der Waals surface area contributed by atoms with Crippen LogP contribution >= 0.6 is 0 Å². The number of phenolic OH excluding ortho intramolecular Hbond substituents is 2. The highest BCUT2D eigenvalue weighted by Crippen LogP contribution is 2.78. The second-order valence-electron chi connectivity index (χ2n) is 11.4. The first kappa shape index (κ1) is 26.0. The Bertz CT molecular complexity index is 1070. The van der Waals surface area contributed by atoms with E-state index in [4.69, 9.17) is 4.74 Å². The number of phenols is 2. The number of amides is 2. The van der Waals surface area contributed by atoms with E-state index in [1.165, 1.54) is 42.0 Å². The maximum absolute atomic E-state index is 13.0. The van der Waals surface area contributed by atoms with Gasteiger partial charge in [-0.25, -0.2) is 4.79 Å². The molecule has 0 radical (unpaired) electrons. The Kier molecular flexibility index (Phi) is 7.08. The number of benzene rings is 1. The molecule has 0 aromatic heterocycles. The van der Waals surface area contributed by atoms with E-state index in [9.17, 15) is 24.6 Å². The molecule has 1 saturated heterocycles. The van der Waals surface area contributed by atoms with E-state index < -0.39 is 18.0 Å². The summed E-state index contributed by atoms with van der Waals surface area (Å²) in [6.07, 6.45) is 7.30. The van der Waals surface area contributed by atoms with Crippen LogP contribution in [0.3, 0.4) is 0 Å². The number of fused-ring (bicyclic) bond motifs is 1. The summed E-state index contributed by atoms with van der Waals surface area (Å²) < 4.78 is 5.63. The fourth-order valence-corrected chi connectivity index (χ4v) is 6.74. The van der Waals surface area contributed by atoms with E-state index in [2.05, 4.69) is 26.1 Å². The van der Waals surface area contributed by atoms with E-state index in [1.807, 2.05) is 0 Å². The number of aromatic hydroxyl groups is 2. The maximum Gasteiger partial charge on any atom is 0.328 e. The third-order valence-corrected chi connectivity index (χ3v) is 9.06. The summed E-state index contributed by atoms with van der Waals surface area (Å²) in [6.45, 7) is 9.49. The lowest BCUT2D eigenvalue weighted by molar-refractivity contribution is -0.154. The average molecular weight is 499 g/mol. The molecule has 1 aromatic rings. The van der Waals surface area contributed by atoms with Gasteiger partial charge in [0.25, 0.3) is 0 Å². The molecule has 8 heteroatoms. The van der Waals surface area contributed by atoms with Crippen LogP contribution in [0.25, 0.3) is 6.08 Å². The first-order valence-electron chi connectivity index (χ1n) is 12.9. The molecule has 196 valence electrons. The molecule has 5 atom stereocenters. The molecule has 1 aliphatic heterocycles. The minimum absolute atomic E-state index is 0.247. The highest BCUT2D eigenvalue weighted by Gasteiger charge is 2.72. The summed E-state index contributed by atoms with van der Waals surface area (Å²) in [4.78, 5) is 39.7. The Morgan fingerprint density at radius 3 is 2.61 bits per heavy atom. The van der Waals surface area contributed by atoms with Gasteiger partial charge in [-0.2, -0.15) is 0 Å². The lowest BCUT2D eigenvalue weighted by atomic mass is 9.88. The molecule has 3 N–H and O–H groups in total. The van der Waals surface area contributed by atoms with E-state index in [-0.39, 0.29) is 23.4 Å². The van der Waals surface area contributed by atoms with Crippen molar-refractivity contribution >= 4 is 23.9 Å². The zero-order valence-electron chi connectivity index (χ0n) is 21.6. The second kappa shape index (κ2) is 9.79. The van der Waals surface area contributed by atoms with Crippen LogP contribution in [0, 0.1) is 22.7 Å². The number of esters is 1. The van der Waals surface area contributed by atoms with Crippen molar-refractivity contribution in [3.8, 4) is 11.5 Å². The first-order valence-corrected chi connectivity index (χ1v) is 12.9. The van der Waals surface area contributed by atoms with Crippen LogP contribution in [-0.4, -0.2) is 58.1 Å². The number of hydrogen-bond acceptors (Lipinski definition) is 6. The predicted molar refractivity (Wildman–Crippen MR) is 135 cm³/mol. The summed E-state index contributed by atoms with van der Waals surface area (Å²) in [5.41, 5.74) is 1.32. The first-order chi connectivity index (χ1) is 17.0. The van der Waals surface area contributed by atoms with Crippen molar-refractivity contribution in [1.82, 2.24) is 10.2 Å². The smallest absolute Gasteiger partial charge is 0.328 e. The Hall–Kier alpha value is -3.03. The van der Waals surface area contributed by atoms with Crippen LogP contribution in [0.4, 0.5) is 0 Å². The van der Waals surface area contributed by atoms with Gasteiger partial charge in [0.1, 0.15) is 12.1 Å². The molecule has 0 bridgehead atoms. The molecule has 8 nitrogen and oxygen atoms in total. The molecule has 3 fully saturated rings. The zero-order valence-corrected chi connectivity index (χ0v) is 21.6. The number of nitrogens with one attached hydrogen (secondary N) is 1. The van der Waals surface area contributed by atoms with Crippen LogP contribution in [0.15, 0.2) is 24.3 Å². The van der Waals surface area contributed by atoms with Crippen LogP contribution in [0.1, 0.15) is 65.4 Å². The van der Waals surface area contributed by atoms with Crippen LogP contribution < -0.4 is 5.32 Å². The number of hydrogen-bond donors (Lipinski definition) is 3. The van der Waals surface area contributed by atoms with Gasteiger partial charge in [-0.15, -0.1) is 0 Å². The Balaban J connectivity index is 1.25. The van der Waals surface area contributed by atoms with Gasteiger partial charge in [-0.05, 0) is 85.5 Å². The van der Waals surface area contributed by atoms with E-state index in [1.54, 1.807) is 13.0 Å². The lowest BCUT2D eigenvalue weighted by Gasteiger charge is -2.26. The van der Waals surface area contributed by atoms with Gasteiger partial charge in [-0.1, -0.05) is 26.8 Å². The van der Waals surface area contributed by atoms with Gasteiger partial charge in [0.05, 0.1) is 6.61 Å². The zero-order chi connectivity index (χ0) is 26.3. The number of ether oxygens (including phenoxy) is 1. The number of carbonyl (C=O) groups excluding carboxylic acids is 3. The van der Waals surface area contributed by atoms with Gasteiger partial charge < -0.3 is 25.2 Å². The largest absolute Gasteiger partial charge is 0.504 e. The summed E-state index contributed by atoms with van der Waals surface area (Å²) in [5, 5.41) is 21.6. The summed E-state index contributed by atoms with van der Waals surface area (Å²) in [6, 6.07) is 2.77. The van der Waals surface area contributed by atoms with Gasteiger partial charge in [0, 0.05) is 12.6 Å². The second-order valence-corrected chi connectivity index (χ2v) is 11.4. The Morgan fingerprint density at radius 2 is 1.94 bits per heavy atom. The number of rotatable bonds is 8. The molecule has 1 heterocycles. The molecule has 2 unspecified atom stereocenters. The third-order valence-electron chi connectivity index (χ3n) is 9.06. The molecule has 3 aliphatic rings. The van der Waals surface area contributed by atoms with Crippen molar-refractivity contribution in [2.45, 2.75) is 71.9 Å². The number of carbonyl (C=O) groups is 3. The molecule has 4 rings (SSSR count). The van der Waals surface area contributed by atoms with Crippen molar-refractivity contribution in [3.05, 3.63) is 29.8 Å². The number of nitrogens with zero attached hydrogens (tertiary/aromatic N) is 1. The minimum atomic E-state index is -0.808. The summed E-state index contributed by atoms with van der Waals surface area (Å²) in [7, 11) is 0. The monoisotopic (exact) mass is 498 g/mol. The molecule has 1 aromatic carbocycles. The minimum Gasteiger partial charge on any atom is -0.504 e. The standard InChI is InChI=1S/C28H38N2O6/c1-17(29-23(33)10-8-18-7-9-21(31)22(32)16-18)25(34)30-14-5-6-20(30)26(35)36-15-12-19-11-13-28(4)24(19)27(28,2)3/h7-10,16-17,19-20,24,31-32H,5-6,11-15H2,1-4H3,(H,29,33)/b10-8+/t17-,19?,20-,24+,28?/m0/s1. The van der Waals surface area contributed by atoms with E-state index in [0.717, 1.165) is 6.42 Å². The van der Waals surface area contributed by atoms with Gasteiger partial charge in [0.2, 0.25) is 11.8 Å². The molecule has 36 heavy (non-hydrogen) atoms. The van der Waals surface area contributed by atoms with Crippen LogP contribution in [0.2, 0.25) is 0 Å². The summed E-state index contributed by atoms with van der Waals surface area (Å²) >= 11 is 0. The normalized spacial score (nSPS) is 29.1. The number of likely N-dealkylation sites (tertiary alicyclic amines) is 1. The maximum atomic E-state index is 13.0. The molecule has 2 aliphatic carbocycles. The molecule has 2 saturated carbocycles. The van der Waals surface area contributed by atoms with Crippen LogP contribution in [0.5, 0.6) is 11.5 Å². The highest BCUT2D eigenvalue weighted by atomic mass is 16.5. The quantitative estimate of drug-likeness (QED) is 0.286. The van der Waals surface area contributed by atoms with Crippen molar-refractivity contribution in [3.63, 3.8) is 0 Å². The Labute approximate surface area is 212 Å². The Morgan fingerprint density at radius 1 is 1.19 bits per heavy atom. The fraction of sp³-hybridized carbons (Fsp3) is 0.607. The fourth-order valence-electron chi connectivity index (χ4n) is 6.74. The van der Waals surface area contributed by atoms with Gasteiger partial charge >= 0.3 is 5.97 Å². The topological polar surface area (TPSA) is 116 Å². The lowest BCUT2D eigenvalue weighted by Crippen LogP contribution is -2.50.